The number of anilines is 1. The highest BCUT2D eigenvalue weighted by Gasteiger charge is 2.17. The van der Waals surface area contributed by atoms with Gasteiger partial charge in [-0.15, -0.1) is 0 Å². The highest BCUT2D eigenvalue weighted by atomic mass is 32.2. The standard InChI is InChI=1S/C20H19N5O4S/c1-13-18-10-15(11-21-19(18)25(2)24-13)23-20(26)14-5-3-7-17(9-14)30(27,28)22-12-16-6-4-8-29-16/h3-11,22H,12H2,1-2H3,(H,23,26). The summed E-state index contributed by atoms with van der Waals surface area (Å²) in [4.78, 5) is 17.0. The number of rotatable bonds is 6. The van der Waals surface area contributed by atoms with E-state index in [1.165, 1.54) is 30.7 Å². The predicted molar refractivity (Wildman–Crippen MR) is 110 cm³/mol. The number of nitrogens with zero attached hydrogens (tertiary/aromatic N) is 3. The molecule has 30 heavy (non-hydrogen) atoms. The lowest BCUT2D eigenvalue weighted by Gasteiger charge is -2.09. The smallest absolute Gasteiger partial charge is 0.255 e. The second-order valence-corrected chi connectivity index (χ2v) is 8.46. The quantitative estimate of drug-likeness (QED) is 0.490. The van der Waals surface area contributed by atoms with Crippen LogP contribution in [0.3, 0.4) is 0 Å². The predicted octanol–water partition coefficient (Wildman–Crippen LogP) is 2.60. The highest BCUT2D eigenvalue weighted by molar-refractivity contribution is 7.89. The summed E-state index contributed by atoms with van der Waals surface area (Å²) < 4.78 is 34.3. The van der Waals surface area contributed by atoms with Gasteiger partial charge in [-0.25, -0.2) is 18.1 Å². The first-order valence-electron chi connectivity index (χ1n) is 9.06. The van der Waals surface area contributed by atoms with Crippen LogP contribution < -0.4 is 10.0 Å². The van der Waals surface area contributed by atoms with Gasteiger partial charge in [0, 0.05) is 18.0 Å². The Morgan fingerprint density at radius 2 is 2.03 bits per heavy atom. The maximum absolute atomic E-state index is 12.7. The minimum atomic E-state index is -3.81. The summed E-state index contributed by atoms with van der Waals surface area (Å²) in [5.41, 5.74) is 2.21. The van der Waals surface area contributed by atoms with Crippen LogP contribution in [0.25, 0.3) is 11.0 Å². The molecule has 0 radical (unpaired) electrons. The van der Waals surface area contributed by atoms with Crippen molar-refractivity contribution in [2.24, 2.45) is 7.05 Å². The fourth-order valence-electron chi connectivity index (χ4n) is 3.05. The minimum Gasteiger partial charge on any atom is -0.468 e. The van der Waals surface area contributed by atoms with Gasteiger partial charge in [0.1, 0.15) is 5.76 Å². The van der Waals surface area contributed by atoms with Crippen LogP contribution in [-0.2, 0) is 23.6 Å². The molecule has 3 heterocycles. The van der Waals surface area contributed by atoms with Crippen LogP contribution in [0, 0.1) is 6.92 Å². The largest absolute Gasteiger partial charge is 0.468 e. The normalized spacial score (nSPS) is 11.7. The lowest BCUT2D eigenvalue weighted by molar-refractivity contribution is 0.102. The molecule has 0 saturated heterocycles. The van der Waals surface area contributed by atoms with Crippen molar-refractivity contribution in [1.82, 2.24) is 19.5 Å². The Hall–Kier alpha value is -3.50. The zero-order chi connectivity index (χ0) is 21.3. The van der Waals surface area contributed by atoms with E-state index in [9.17, 15) is 13.2 Å². The van der Waals surface area contributed by atoms with Crippen LogP contribution in [0.1, 0.15) is 21.8 Å². The van der Waals surface area contributed by atoms with Crippen molar-refractivity contribution in [3.05, 3.63) is 71.9 Å². The van der Waals surface area contributed by atoms with Crippen LogP contribution in [0.4, 0.5) is 5.69 Å². The van der Waals surface area contributed by atoms with Gasteiger partial charge in [-0.05, 0) is 43.3 Å². The first-order valence-corrected chi connectivity index (χ1v) is 10.5. The maximum atomic E-state index is 12.7. The van der Waals surface area contributed by atoms with E-state index in [1.54, 1.807) is 36.0 Å². The Kier molecular flexibility index (Phi) is 5.10. The number of sulfonamides is 1. The number of hydrogen-bond donors (Lipinski definition) is 2. The Bertz CT molecular complexity index is 1330. The van der Waals surface area contributed by atoms with E-state index < -0.39 is 15.9 Å². The van der Waals surface area contributed by atoms with Gasteiger partial charge in [0.25, 0.3) is 5.91 Å². The number of furan rings is 1. The van der Waals surface area contributed by atoms with Gasteiger partial charge in [-0.3, -0.25) is 9.48 Å². The molecule has 4 rings (SSSR count). The van der Waals surface area contributed by atoms with Crippen molar-refractivity contribution in [2.75, 3.05) is 5.32 Å². The van der Waals surface area contributed by atoms with Crippen molar-refractivity contribution >= 4 is 32.7 Å². The first kappa shape index (κ1) is 19.8. The molecule has 0 unspecified atom stereocenters. The zero-order valence-electron chi connectivity index (χ0n) is 16.3. The first-order chi connectivity index (χ1) is 14.3. The third kappa shape index (κ3) is 3.95. The van der Waals surface area contributed by atoms with E-state index >= 15 is 0 Å². The average Bonchev–Trinajstić information content (AvgIpc) is 3.35. The molecule has 0 aliphatic rings. The fourth-order valence-corrected chi connectivity index (χ4v) is 4.09. The summed E-state index contributed by atoms with van der Waals surface area (Å²) in [6.07, 6.45) is 3.00. The second kappa shape index (κ2) is 7.73. The van der Waals surface area contributed by atoms with Crippen molar-refractivity contribution in [3.8, 4) is 0 Å². The third-order valence-electron chi connectivity index (χ3n) is 4.54. The van der Waals surface area contributed by atoms with Gasteiger partial charge in [0.05, 0.1) is 35.3 Å². The lowest BCUT2D eigenvalue weighted by Crippen LogP contribution is -2.23. The number of carbonyl (C=O) groups excluding carboxylic acids is 1. The van der Waals surface area contributed by atoms with E-state index in [2.05, 4.69) is 20.1 Å². The Labute approximate surface area is 172 Å². The van der Waals surface area contributed by atoms with Gasteiger partial charge in [0.2, 0.25) is 10.0 Å². The average molecular weight is 425 g/mol. The molecule has 10 heteroatoms. The van der Waals surface area contributed by atoms with Crippen molar-refractivity contribution in [3.63, 3.8) is 0 Å². The molecule has 0 aliphatic carbocycles. The van der Waals surface area contributed by atoms with Gasteiger partial charge in [0.15, 0.2) is 5.65 Å². The molecule has 0 spiro atoms. The van der Waals surface area contributed by atoms with E-state index in [0.717, 1.165) is 11.1 Å². The molecular formula is C20H19N5O4S. The SMILES string of the molecule is Cc1nn(C)c2ncc(NC(=O)c3cccc(S(=O)(=O)NCc4ccco4)c3)cc12. The van der Waals surface area contributed by atoms with Crippen molar-refractivity contribution in [1.29, 1.82) is 0 Å². The number of aromatic nitrogens is 3. The Morgan fingerprint density at radius 3 is 2.80 bits per heavy atom. The van der Waals surface area contributed by atoms with Crippen molar-refractivity contribution in [2.45, 2.75) is 18.4 Å². The molecule has 0 atom stereocenters. The van der Waals surface area contributed by atoms with Crippen LogP contribution in [0.2, 0.25) is 0 Å². The number of fused-ring (bicyclic) bond motifs is 1. The summed E-state index contributed by atoms with van der Waals surface area (Å²) in [5, 5.41) is 7.88. The maximum Gasteiger partial charge on any atom is 0.255 e. The van der Waals surface area contributed by atoms with E-state index in [-0.39, 0.29) is 17.0 Å². The number of carbonyl (C=O) groups is 1. The summed E-state index contributed by atoms with van der Waals surface area (Å²) in [6.45, 7) is 1.88. The number of hydrogen-bond acceptors (Lipinski definition) is 6. The van der Waals surface area contributed by atoms with Gasteiger partial charge in [-0.1, -0.05) is 6.07 Å². The van der Waals surface area contributed by atoms with Crippen LogP contribution >= 0.6 is 0 Å². The molecule has 0 bridgehead atoms. The molecule has 154 valence electrons. The number of nitrogens with one attached hydrogen (secondary N) is 2. The zero-order valence-corrected chi connectivity index (χ0v) is 17.1. The van der Waals surface area contributed by atoms with Gasteiger partial charge >= 0.3 is 0 Å². The molecule has 1 amide bonds. The Balaban J connectivity index is 1.53. The summed E-state index contributed by atoms with van der Waals surface area (Å²) >= 11 is 0. The number of amides is 1. The van der Waals surface area contributed by atoms with Crippen LogP contribution in [0.5, 0.6) is 0 Å². The minimum absolute atomic E-state index is 0.0154. The molecule has 0 aliphatic heterocycles. The molecule has 1 aromatic carbocycles. The molecule has 2 N–H and O–H groups in total. The number of pyridine rings is 1. The second-order valence-electron chi connectivity index (χ2n) is 6.69. The summed E-state index contributed by atoms with van der Waals surface area (Å²) in [5.74, 6) is 0.0434. The number of aryl methyl sites for hydroxylation is 2. The van der Waals surface area contributed by atoms with E-state index in [1.807, 2.05) is 6.92 Å². The molecule has 4 aromatic rings. The lowest BCUT2D eigenvalue weighted by atomic mass is 10.2. The van der Waals surface area contributed by atoms with E-state index in [4.69, 9.17) is 4.42 Å². The van der Waals surface area contributed by atoms with Crippen LogP contribution in [-0.4, -0.2) is 29.1 Å². The third-order valence-corrected chi connectivity index (χ3v) is 5.94. The molecular weight excluding hydrogens is 406 g/mol. The molecule has 9 nitrogen and oxygen atoms in total. The summed E-state index contributed by atoms with van der Waals surface area (Å²) in [6, 6.07) is 10.9. The highest BCUT2D eigenvalue weighted by Crippen LogP contribution is 2.20. The van der Waals surface area contributed by atoms with Gasteiger partial charge < -0.3 is 9.73 Å². The topological polar surface area (TPSA) is 119 Å². The van der Waals surface area contributed by atoms with Crippen molar-refractivity contribution < 1.29 is 17.6 Å². The van der Waals surface area contributed by atoms with Gasteiger partial charge in [-0.2, -0.15) is 5.10 Å². The van der Waals surface area contributed by atoms with Crippen LogP contribution in [0.15, 0.2) is 64.2 Å². The summed E-state index contributed by atoms with van der Waals surface area (Å²) in [7, 11) is -2.01. The monoisotopic (exact) mass is 425 g/mol. The Morgan fingerprint density at radius 1 is 1.20 bits per heavy atom. The van der Waals surface area contributed by atoms with E-state index in [0.29, 0.717) is 17.1 Å². The molecule has 3 aromatic heterocycles. The number of benzene rings is 1. The molecule has 0 fully saturated rings. The fraction of sp³-hybridized carbons (Fsp3) is 0.150. The molecule has 0 saturated carbocycles.